The first kappa shape index (κ1) is 21.8. The van der Waals surface area contributed by atoms with Crippen LogP contribution in [0.15, 0.2) is 71.5 Å². The molecule has 0 spiro atoms. The van der Waals surface area contributed by atoms with Crippen LogP contribution in [0.3, 0.4) is 0 Å². The Hall–Kier alpha value is -4.04. The van der Waals surface area contributed by atoms with Crippen molar-refractivity contribution in [2.45, 2.75) is 13.3 Å². The number of hydrogen-bond donors (Lipinski definition) is 0. The number of ether oxygens (including phenoxy) is 1. The number of nitro groups is 1. The Balaban J connectivity index is 1.76. The lowest BCUT2D eigenvalue weighted by molar-refractivity contribution is -0.384. The van der Waals surface area contributed by atoms with E-state index < -0.39 is 10.5 Å². The fourth-order valence-electron chi connectivity index (χ4n) is 4.32. The lowest BCUT2D eigenvalue weighted by Gasteiger charge is -2.29. The van der Waals surface area contributed by atoms with Crippen LogP contribution in [0.4, 0.5) is 11.4 Å². The summed E-state index contributed by atoms with van der Waals surface area (Å²) in [7, 11) is 0. The minimum absolute atomic E-state index is 0.149. The van der Waals surface area contributed by atoms with E-state index in [0.29, 0.717) is 42.8 Å². The predicted molar refractivity (Wildman–Crippen MR) is 132 cm³/mol. The lowest BCUT2D eigenvalue weighted by Crippen LogP contribution is -2.36. The predicted octanol–water partition coefficient (Wildman–Crippen LogP) is 4.36. The summed E-state index contributed by atoms with van der Waals surface area (Å²) in [5, 5.41) is 17.8. The molecule has 0 radical (unpaired) electrons. The van der Waals surface area contributed by atoms with Crippen molar-refractivity contribution in [1.29, 1.82) is 0 Å². The van der Waals surface area contributed by atoms with Crippen molar-refractivity contribution in [2.75, 3.05) is 31.2 Å². The van der Waals surface area contributed by atoms with Gasteiger partial charge in [0, 0.05) is 35.8 Å². The maximum absolute atomic E-state index is 13.5. The van der Waals surface area contributed by atoms with Crippen molar-refractivity contribution in [3.8, 4) is 16.9 Å². The second-order valence-corrected chi connectivity index (χ2v) is 8.19. The van der Waals surface area contributed by atoms with Gasteiger partial charge < -0.3 is 9.64 Å². The van der Waals surface area contributed by atoms with E-state index in [1.165, 1.54) is 16.3 Å². The number of hydrogen-bond acceptors (Lipinski definition) is 6. The van der Waals surface area contributed by atoms with Crippen molar-refractivity contribution in [2.24, 2.45) is 0 Å². The second kappa shape index (κ2) is 9.07. The first-order chi connectivity index (χ1) is 16.6. The largest absolute Gasteiger partial charge is 0.378 e. The summed E-state index contributed by atoms with van der Waals surface area (Å²) in [5.74, 6) is 0. The third kappa shape index (κ3) is 3.92. The molecule has 0 saturated carbocycles. The van der Waals surface area contributed by atoms with Gasteiger partial charge in [-0.1, -0.05) is 49.4 Å². The van der Waals surface area contributed by atoms with E-state index in [1.54, 1.807) is 24.3 Å². The number of nitro benzene ring substituents is 1. The van der Waals surface area contributed by atoms with Crippen LogP contribution in [0.1, 0.15) is 12.5 Å². The number of aryl methyl sites for hydroxylation is 1. The van der Waals surface area contributed by atoms with Gasteiger partial charge in [0.25, 0.3) is 11.2 Å². The highest BCUT2D eigenvalue weighted by molar-refractivity contribution is 5.94. The number of nitrogens with zero attached hydrogens (tertiary/aromatic N) is 4. The van der Waals surface area contributed by atoms with Gasteiger partial charge in [0.05, 0.1) is 29.2 Å². The topological polar surface area (TPSA) is 90.5 Å². The highest BCUT2D eigenvalue weighted by Crippen LogP contribution is 2.30. The number of anilines is 1. The maximum atomic E-state index is 13.5. The summed E-state index contributed by atoms with van der Waals surface area (Å²) in [4.78, 5) is 27.0. The third-order valence-electron chi connectivity index (χ3n) is 6.20. The van der Waals surface area contributed by atoms with Crippen LogP contribution in [-0.2, 0) is 11.2 Å². The molecule has 4 aromatic rings. The molecule has 1 saturated heterocycles. The molecule has 3 aromatic carbocycles. The Labute approximate surface area is 196 Å². The van der Waals surface area contributed by atoms with Crippen molar-refractivity contribution < 1.29 is 9.66 Å². The van der Waals surface area contributed by atoms with Gasteiger partial charge in [-0.2, -0.15) is 9.78 Å². The molecule has 8 nitrogen and oxygen atoms in total. The minimum Gasteiger partial charge on any atom is -0.378 e. The Bertz CT molecular complexity index is 1420. The normalized spacial score (nSPS) is 13.9. The first-order valence-corrected chi connectivity index (χ1v) is 11.3. The van der Waals surface area contributed by atoms with Crippen molar-refractivity contribution >= 4 is 22.1 Å². The average molecular weight is 457 g/mol. The highest BCUT2D eigenvalue weighted by Gasteiger charge is 2.23. The van der Waals surface area contributed by atoms with Gasteiger partial charge in [0.15, 0.2) is 0 Å². The zero-order valence-electron chi connectivity index (χ0n) is 18.8. The molecule has 2 heterocycles. The van der Waals surface area contributed by atoms with Crippen molar-refractivity contribution in [3.63, 3.8) is 0 Å². The molecule has 0 amide bonds. The molecule has 8 heteroatoms. The lowest BCUT2D eigenvalue weighted by atomic mass is 10.0. The zero-order valence-corrected chi connectivity index (χ0v) is 18.8. The SMILES string of the molecule is CCc1ccc(-c2nn(-c3cc(N4CCOCC4)ccc3[N+](=O)[O-])c(=O)c3ccccc23)cc1. The molecule has 1 aliphatic heterocycles. The van der Waals surface area contributed by atoms with E-state index in [1.807, 2.05) is 36.4 Å². The zero-order chi connectivity index (χ0) is 23.7. The average Bonchev–Trinajstić information content (AvgIpc) is 2.89. The van der Waals surface area contributed by atoms with Gasteiger partial charge in [0.2, 0.25) is 0 Å². The molecular formula is C26H24N4O4. The van der Waals surface area contributed by atoms with Crippen LogP contribution in [0.25, 0.3) is 27.7 Å². The quantitative estimate of drug-likeness (QED) is 0.327. The van der Waals surface area contributed by atoms with Crippen LogP contribution in [0.2, 0.25) is 0 Å². The summed E-state index contributed by atoms with van der Waals surface area (Å²) >= 11 is 0. The molecule has 1 fully saturated rings. The van der Waals surface area contributed by atoms with E-state index in [2.05, 4.69) is 16.9 Å². The van der Waals surface area contributed by atoms with E-state index in [9.17, 15) is 14.9 Å². The fourth-order valence-corrected chi connectivity index (χ4v) is 4.32. The Morgan fingerprint density at radius 2 is 1.71 bits per heavy atom. The van der Waals surface area contributed by atoms with Gasteiger partial charge in [-0.05, 0) is 30.2 Å². The summed E-state index contributed by atoms with van der Waals surface area (Å²) in [6.07, 6.45) is 0.911. The standard InChI is InChI=1S/C26H24N4O4/c1-2-18-7-9-19(10-8-18)25-21-5-3-4-6-22(21)26(31)29(27-25)24-17-20(11-12-23(24)30(32)33)28-13-15-34-16-14-28/h3-12,17H,2,13-16H2,1H3. The molecular weight excluding hydrogens is 432 g/mol. The number of fused-ring (bicyclic) bond motifs is 1. The van der Waals surface area contributed by atoms with Crippen molar-refractivity contribution in [3.05, 3.63) is 92.8 Å². The monoisotopic (exact) mass is 456 g/mol. The molecule has 0 N–H and O–H groups in total. The number of aromatic nitrogens is 2. The van der Waals surface area contributed by atoms with Crippen molar-refractivity contribution in [1.82, 2.24) is 9.78 Å². The summed E-state index contributed by atoms with van der Waals surface area (Å²) < 4.78 is 6.60. The molecule has 1 aliphatic rings. The molecule has 5 rings (SSSR count). The smallest absolute Gasteiger partial charge is 0.295 e. The van der Waals surface area contributed by atoms with Crippen LogP contribution in [-0.4, -0.2) is 41.0 Å². The molecule has 0 unspecified atom stereocenters. The Morgan fingerprint density at radius 3 is 2.38 bits per heavy atom. The van der Waals surface area contributed by atoms with E-state index >= 15 is 0 Å². The van der Waals surface area contributed by atoms with Gasteiger partial charge in [-0.25, -0.2) is 0 Å². The number of rotatable bonds is 5. The molecule has 0 aliphatic carbocycles. The highest BCUT2D eigenvalue weighted by atomic mass is 16.6. The maximum Gasteiger partial charge on any atom is 0.295 e. The summed E-state index contributed by atoms with van der Waals surface area (Å²) in [6, 6.07) is 20.1. The van der Waals surface area contributed by atoms with E-state index in [0.717, 1.165) is 17.7 Å². The first-order valence-electron chi connectivity index (χ1n) is 11.3. The van der Waals surface area contributed by atoms with Crippen LogP contribution in [0.5, 0.6) is 0 Å². The summed E-state index contributed by atoms with van der Waals surface area (Å²) in [6.45, 7) is 4.60. The van der Waals surface area contributed by atoms with Crippen LogP contribution in [0, 0.1) is 10.1 Å². The Morgan fingerprint density at radius 1 is 1.00 bits per heavy atom. The van der Waals surface area contributed by atoms with E-state index in [4.69, 9.17) is 4.74 Å². The van der Waals surface area contributed by atoms with E-state index in [-0.39, 0.29) is 11.4 Å². The third-order valence-corrected chi connectivity index (χ3v) is 6.20. The van der Waals surface area contributed by atoms with Gasteiger partial charge in [-0.15, -0.1) is 0 Å². The number of morpholine rings is 1. The Kier molecular flexibility index (Phi) is 5.81. The van der Waals surface area contributed by atoms with Gasteiger partial charge in [-0.3, -0.25) is 14.9 Å². The number of benzene rings is 3. The fraction of sp³-hybridized carbons (Fsp3) is 0.231. The molecule has 1 aromatic heterocycles. The van der Waals surface area contributed by atoms with Crippen LogP contribution >= 0.6 is 0 Å². The van der Waals surface area contributed by atoms with Gasteiger partial charge in [0.1, 0.15) is 5.69 Å². The molecule has 34 heavy (non-hydrogen) atoms. The molecule has 0 atom stereocenters. The molecule has 0 bridgehead atoms. The van der Waals surface area contributed by atoms with Gasteiger partial charge >= 0.3 is 0 Å². The minimum atomic E-state index is -0.475. The second-order valence-electron chi connectivity index (χ2n) is 8.19. The molecule has 172 valence electrons. The van der Waals surface area contributed by atoms with Crippen LogP contribution < -0.4 is 10.5 Å². The summed E-state index contributed by atoms with van der Waals surface area (Å²) in [5.41, 5.74) is 3.00.